The number of aliphatic hydroxyl groups is 1. The van der Waals surface area contributed by atoms with Gasteiger partial charge in [0, 0.05) is 48.7 Å². The van der Waals surface area contributed by atoms with Gasteiger partial charge in [-0.2, -0.15) is 0 Å². The van der Waals surface area contributed by atoms with Crippen molar-refractivity contribution >= 4 is 29.1 Å². The van der Waals surface area contributed by atoms with Crippen molar-refractivity contribution in [2.45, 2.75) is 99.5 Å². The Balaban J connectivity index is 1.75. The summed E-state index contributed by atoms with van der Waals surface area (Å²) >= 11 is 0. The largest absolute Gasteiger partial charge is 0.481 e. The fraction of sp³-hybridized carbons (Fsp3) is 0.767. The molecule has 2 N–H and O–H groups in total. The number of hydrogen-bond acceptors (Lipinski definition) is 6. The van der Waals surface area contributed by atoms with E-state index >= 15 is 0 Å². The summed E-state index contributed by atoms with van der Waals surface area (Å²) in [4.78, 5) is 65.6. The smallest absolute Gasteiger partial charge is 0.306 e. The van der Waals surface area contributed by atoms with Crippen LogP contribution in [-0.2, 0) is 24.0 Å². The summed E-state index contributed by atoms with van der Waals surface area (Å²) in [6.07, 6.45) is 1.19. The number of allylic oxidation sites excluding steroid dienone is 2. The van der Waals surface area contributed by atoms with E-state index < -0.39 is 39.7 Å². The molecule has 1 unspecified atom stereocenters. The van der Waals surface area contributed by atoms with Crippen LogP contribution in [0.4, 0.5) is 0 Å². The monoisotopic (exact) mass is 514 g/mol. The Morgan fingerprint density at radius 1 is 0.946 bits per heavy atom. The summed E-state index contributed by atoms with van der Waals surface area (Å²) in [5.74, 6) is -2.94. The first-order valence-corrected chi connectivity index (χ1v) is 13.7. The van der Waals surface area contributed by atoms with Crippen LogP contribution in [0.2, 0.25) is 0 Å². The lowest BCUT2D eigenvalue weighted by molar-refractivity contribution is -0.145. The molecule has 0 heterocycles. The molecule has 0 bridgehead atoms. The van der Waals surface area contributed by atoms with Crippen LogP contribution in [0.15, 0.2) is 11.1 Å². The molecule has 0 radical (unpaired) electrons. The second-order valence-corrected chi connectivity index (χ2v) is 13.8. The molecule has 0 amide bonds. The van der Waals surface area contributed by atoms with Crippen LogP contribution in [-0.4, -0.2) is 45.4 Å². The highest BCUT2D eigenvalue weighted by Crippen LogP contribution is 2.70. The normalized spacial score (nSPS) is 40.5. The Hall–Kier alpha value is -2.15. The maximum atomic E-state index is 14.0. The quantitative estimate of drug-likeness (QED) is 0.540. The fourth-order valence-electron chi connectivity index (χ4n) is 8.84. The molecule has 2 saturated carbocycles. The SMILES string of the molecule is CC(CC(=O)C[C@@H](C)[C@H]1CC(=O)[C@@]2(C)C3=C(C(=O)C[C@]12C)[C@@]1(C)CC[C@H](O)C(C)(C)[C@@H]1CC3=O)C(=O)O. The Morgan fingerprint density at radius 2 is 1.57 bits per heavy atom. The second-order valence-electron chi connectivity index (χ2n) is 13.8. The van der Waals surface area contributed by atoms with Crippen LogP contribution < -0.4 is 0 Å². The van der Waals surface area contributed by atoms with Crippen LogP contribution in [0.25, 0.3) is 0 Å². The lowest BCUT2D eigenvalue weighted by Gasteiger charge is -2.60. The molecule has 8 atom stereocenters. The Kier molecular flexibility index (Phi) is 6.54. The Labute approximate surface area is 219 Å². The summed E-state index contributed by atoms with van der Waals surface area (Å²) < 4.78 is 0. The van der Waals surface area contributed by atoms with Gasteiger partial charge in [0.2, 0.25) is 0 Å². The first-order chi connectivity index (χ1) is 16.9. The molecule has 0 spiro atoms. The minimum atomic E-state index is -1.11. The molecule has 7 nitrogen and oxygen atoms in total. The van der Waals surface area contributed by atoms with Crippen LogP contribution in [0.1, 0.15) is 93.4 Å². The van der Waals surface area contributed by atoms with Crippen molar-refractivity contribution in [1.82, 2.24) is 0 Å². The third-order valence-corrected chi connectivity index (χ3v) is 11.4. The Morgan fingerprint density at radius 3 is 2.16 bits per heavy atom. The molecule has 4 rings (SSSR count). The van der Waals surface area contributed by atoms with E-state index in [2.05, 4.69) is 0 Å². The maximum absolute atomic E-state index is 14.0. The molecule has 4 aliphatic rings. The third kappa shape index (κ3) is 3.74. The van der Waals surface area contributed by atoms with Gasteiger partial charge in [-0.3, -0.25) is 24.0 Å². The molecule has 0 aliphatic heterocycles. The van der Waals surface area contributed by atoms with Gasteiger partial charge in [-0.1, -0.05) is 41.5 Å². The van der Waals surface area contributed by atoms with E-state index in [1.54, 1.807) is 0 Å². The van der Waals surface area contributed by atoms with Gasteiger partial charge < -0.3 is 10.2 Å². The summed E-state index contributed by atoms with van der Waals surface area (Å²) in [7, 11) is 0. The lowest BCUT2D eigenvalue weighted by Crippen LogP contribution is -2.59. The highest BCUT2D eigenvalue weighted by atomic mass is 16.4. The number of fused-ring (bicyclic) bond motifs is 4. The first-order valence-electron chi connectivity index (χ1n) is 13.7. The number of Topliss-reactive ketones (excluding diaryl/α,β-unsaturated/α-hetero) is 4. The number of carboxylic acid groups (broad SMARTS) is 1. The van der Waals surface area contributed by atoms with Gasteiger partial charge in [0.15, 0.2) is 11.6 Å². The molecule has 37 heavy (non-hydrogen) atoms. The molecule has 0 aromatic carbocycles. The summed E-state index contributed by atoms with van der Waals surface area (Å²) in [6, 6.07) is 0. The minimum Gasteiger partial charge on any atom is -0.481 e. The average molecular weight is 515 g/mol. The van der Waals surface area contributed by atoms with Crippen molar-refractivity contribution in [3.05, 3.63) is 11.1 Å². The van der Waals surface area contributed by atoms with Crippen molar-refractivity contribution < 1.29 is 34.2 Å². The van der Waals surface area contributed by atoms with E-state index in [0.29, 0.717) is 24.0 Å². The standard InChI is InChI=1S/C30H42O7/c1-15(10-17(31)11-16(2)26(36)37)18-12-23(35)30(7)25-19(32)13-21-27(3,4)22(34)8-9-28(21,5)24(25)20(33)14-29(18,30)6/h15-16,18,21-22,34H,8-14H2,1-7H3,(H,36,37)/t15-,16?,18-,21+,22+,28+,29-,30+/m1/s1. The van der Waals surface area contributed by atoms with Gasteiger partial charge in [-0.15, -0.1) is 0 Å². The van der Waals surface area contributed by atoms with Gasteiger partial charge in [0.1, 0.15) is 11.6 Å². The van der Waals surface area contributed by atoms with E-state index in [1.807, 2.05) is 41.5 Å². The number of carbonyl (C=O) groups is 5. The lowest BCUT2D eigenvalue weighted by atomic mass is 9.42. The number of ketones is 4. The molecule has 7 heteroatoms. The predicted octanol–water partition coefficient (Wildman–Crippen LogP) is 4.34. The van der Waals surface area contributed by atoms with Crippen molar-refractivity contribution in [2.75, 3.05) is 0 Å². The number of carboxylic acids is 1. The summed E-state index contributed by atoms with van der Waals surface area (Å²) in [5, 5.41) is 19.9. The number of hydrogen-bond donors (Lipinski definition) is 2. The predicted molar refractivity (Wildman–Crippen MR) is 136 cm³/mol. The van der Waals surface area contributed by atoms with Crippen molar-refractivity contribution in [3.8, 4) is 0 Å². The second kappa shape index (κ2) is 8.69. The molecule has 204 valence electrons. The van der Waals surface area contributed by atoms with Crippen LogP contribution in [0.5, 0.6) is 0 Å². The van der Waals surface area contributed by atoms with E-state index in [-0.39, 0.29) is 73.0 Å². The van der Waals surface area contributed by atoms with Gasteiger partial charge in [0.25, 0.3) is 0 Å². The topological polar surface area (TPSA) is 126 Å². The highest BCUT2D eigenvalue weighted by molar-refractivity contribution is 6.16. The van der Waals surface area contributed by atoms with E-state index in [4.69, 9.17) is 5.11 Å². The fourth-order valence-corrected chi connectivity index (χ4v) is 8.84. The van der Waals surface area contributed by atoms with Crippen molar-refractivity contribution in [3.63, 3.8) is 0 Å². The van der Waals surface area contributed by atoms with Crippen LogP contribution in [0, 0.1) is 45.3 Å². The number of aliphatic carboxylic acids is 1. The zero-order valence-electron chi connectivity index (χ0n) is 23.3. The summed E-state index contributed by atoms with van der Waals surface area (Å²) in [5.41, 5.74) is -2.13. The van der Waals surface area contributed by atoms with Crippen LogP contribution in [0.3, 0.4) is 0 Å². The van der Waals surface area contributed by atoms with Crippen LogP contribution >= 0.6 is 0 Å². The molecular formula is C30H42O7. The zero-order chi connectivity index (χ0) is 27.9. The molecule has 0 aromatic rings. The number of carbonyl (C=O) groups excluding carboxylic acids is 4. The first kappa shape index (κ1) is 27.9. The molecule has 2 fully saturated rings. The summed E-state index contributed by atoms with van der Waals surface area (Å²) in [6.45, 7) is 13.2. The molecule has 0 saturated heterocycles. The van der Waals surface area contributed by atoms with E-state index in [0.717, 1.165) is 0 Å². The van der Waals surface area contributed by atoms with E-state index in [1.165, 1.54) is 6.92 Å². The molecule has 4 aliphatic carbocycles. The number of aliphatic hydroxyl groups excluding tert-OH is 1. The van der Waals surface area contributed by atoms with Gasteiger partial charge >= 0.3 is 5.97 Å². The Bertz CT molecular complexity index is 1110. The van der Waals surface area contributed by atoms with Crippen molar-refractivity contribution in [2.24, 2.45) is 45.3 Å². The third-order valence-electron chi connectivity index (χ3n) is 11.4. The van der Waals surface area contributed by atoms with Crippen molar-refractivity contribution in [1.29, 1.82) is 0 Å². The number of rotatable bonds is 6. The maximum Gasteiger partial charge on any atom is 0.306 e. The zero-order valence-corrected chi connectivity index (χ0v) is 23.3. The van der Waals surface area contributed by atoms with E-state index in [9.17, 15) is 29.1 Å². The van der Waals surface area contributed by atoms with Gasteiger partial charge in [0.05, 0.1) is 17.4 Å². The van der Waals surface area contributed by atoms with Gasteiger partial charge in [-0.05, 0) is 48.3 Å². The molecular weight excluding hydrogens is 472 g/mol. The highest BCUT2D eigenvalue weighted by Gasteiger charge is 2.70. The molecule has 0 aromatic heterocycles. The average Bonchev–Trinajstić information content (AvgIpc) is 2.99. The minimum absolute atomic E-state index is 0.0521. The van der Waals surface area contributed by atoms with Gasteiger partial charge in [-0.25, -0.2) is 0 Å².